The normalized spacial score (nSPS) is 14.3. The third-order valence-electron chi connectivity index (χ3n) is 15.3. The third-order valence-corrected chi connectivity index (χ3v) is 15.3. The first kappa shape index (κ1) is 38.4. The van der Waals surface area contributed by atoms with Crippen LogP contribution in [0.1, 0.15) is 86.1 Å². The molecule has 0 N–H and O–H groups in total. The summed E-state index contributed by atoms with van der Waals surface area (Å²) in [5.74, 6) is 0. The van der Waals surface area contributed by atoms with Crippen LogP contribution in [-0.4, -0.2) is 0 Å². The Kier molecular flexibility index (Phi) is 7.99. The third kappa shape index (κ3) is 5.63. The predicted molar refractivity (Wildman–Crippen MR) is 278 cm³/mol. The minimum atomic E-state index is -0.527. The molecular weight excluding hydrogens is 781 g/mol. The lowest BCUT2D eigenvalue weighted by Crippen LogP contribution is -2.28. The molecule has 0 amide bonds. The highest BCUT2D eigenvalue weighted by Gasteiger charge is 2.46. The highest BCUT2D eigenvalue weighted by Crippen LogP contribution is 2.58. The molecule has 0 fully saturated rings. The van der Waals surface area contributed by atoms with E-state index in [1.807, 2.05) is 0 Å². The Morgan fingerprint density at radius 2 is 0.692 bits per heavy atom. The van der Waals surface area contributed by atoms with Crippen molar-refractivity contribution in [1.29, 1.82) is 0 Å². The number of aryl methyl sites for hydroxylation is 2. The van der Waals surface area contributed by atoms with Gasteiger partial charge in [-0.1, -0.05) is 193 Å². The van der Waals surface area contributed by atoms with Crippen LogP contribution in [-0.2, 0) is 29.1 Å². The molecule has 11 aromatic rings. The molecule has 0 radical (unpaired) electrons. The van der Waals surface area contributed by atoms with Gasteiger partial charge in [-0.3, -0.25) is 0 Å². The number of hydrogen-bond acceptors (Lipinski definition) is 0. The fourth-order valence-corrected chi connectivity index (χ4v) is 12.1. The Morgan fingerprint density at radius 3 is 1.14 bits per heavy atom. The Hall–Kier alpha value is -7.02. The topological polar surface area (TPSA) is 0 Å². The van der Waals surface area contributed by atoms with Crippen molar-refractivity contribution in [3.8, 4) is 33.4 Å². The maximum atomic E-state index is 2.53. The van der Waals surface area contributed by atoms with E-state index in [-0.39, 0.29) is 10.8 Å². The second-order valence-corrected chi connectivity index (χ2v) is 21.3. The standard InChI is InChI=1S/C65H52/c1-63(2,3)53-33-45-21-17-41-29-49(30-42-18-22-46(34-53)61(45)59(41)42)39-25-27-55-56-28-26-40(38-58(56)65(57(55)37-39,51-13-9-7-10-14-51)52-15-11-8-12-16-52)50-31-43-19-23-47-35-54(64(4,5)6)36-48-24-20-44(32-50)60(43)62(47)48/h7-19,21-23,25-38H,20,24H2,1-6H3. The van der Waals surface area contributed by atoms with E-state index < -0.39 is 5.41 Å². The quantitative estimate of drug-likeness (QED) is 0.155. The van der Waals surface area contributed by atoms with E-state index in [0.29, 0.717) is 0 Å². The Morgan fingerprint density at radius 1 is 0.323 bits per heavy atom. The highest BCUT2D eigenvalue weighted by molar-refractivity contribution is 6.24. The molecule has 0 nitrogen and oxygen atoms in total. The second-order valence-electron chi connectivity index (χ2n) is 21.3. The van der Waals surface area contributed by atoms with E-state index >= 15 is 0 Å². The van der Waals surface area contributed by atoms with Crippen molar-refractivity contribution in [1.82, 2.24) is 0 Å². The smallest absolute Gasteiger partial charge is 0.0622 e. The number of fused-ring (bicyclic) bond motifs is 3. The molecule has 0 bridgehead atoms. The highest BCUT2D eigenvalue weighted by atomic mass is 14.5. The lowest BCUT2D eigenvalue weighted by atomic mass is 9.67. The fourth-order valence-electron chi connectivity index (χ4n) is 12.1. The van der Waals surface area contributed by atoms with Crippen molar-refractivity contribution >= 4 is 53.9 Å². The zero-order valence-corrected chi connectivity index (χ0v) is 38.2. The van der Waals surface area contributed by atoms with E-state index in [4.69, 9.17) is 0 Å². The van der Waals surface area contributed by atoms with Crippen molar-refractivity contribution < 1.29 is 0 Å². The van der Waals surface area contributed by atoms with Gasteiger partial charge in [-0.05, 0) is 186 Å². The van der Waals surface area contributed by atoms with E-state index in [1.54, 1.807) is 0 Å². The molecule has 0 unspecified atom stereocenters. The number of hydrogen-bond donors (Lipinski definition) is 0. The molecule has 0 saturated heterocycles. The largest absolute Gasteiger partial charge is 0.0713 e. The van der Waals surface area contributed by atoms with Gasteiger partial charge in [0.25, 0.3) is 0 Å². The zero-order valence-electron chi connectivity index (χ0n) is 38.2. The molecule has 11 aromatic carbocycles. The minimum absolute atomic E-state index is 0.0882. The van der Waals surface area contributed by atoms with Gasteiger partial charge in [-0.25, -0.2) is 0 Å². The maximum Gasteiger partial charge on any atom is 0.0713 e. The van der Waals surface area contributed by atoms with Gasteiger partial charge in [0, 0.05) is 0 Å². The van der Waals surface area contributed by atoms with Crippen molar-refractivity contribution in [2.24, 2.45) is 0 Å². The van der Waals surface area contributed by atoms with Gasteiger partial charge in [0.15, 0.2) is 0 Å². The van der Waals surface area contributed by atoms with Crippen molar-refractivity contribution in [2.45, 2.75) is 70.6 Å². The first-order valence-corrected chi connectivity index (χ1v) is 23.6. The van der Waals surface area contributed by atoms with Gasteiger partial charge in [-0.2, -0.15) is 0 Å². The fraction of sp³-hybridized carbons (Fsp3) is 0.169. The van der Waals surface area contributed by atoms with Gasteiger partial charge in [0.1, 0.15) is 0 Å². The molecule has 13 rings (SSSR count). The summed E-state index contributed by atoms with van der Waals surface area (Å²) in [7, 11) is 0. The van der Waals surface area contributed by atoms with E-state index in [9.17, 15) is 0 Å². The molecule has 2 aliphatic rings. The van der Waals surface area contributed by atoms with E-state index in [2.05, 4.69) is 224 Å². The summed E-state index contributed by atoms with van der Waals surface area (Å²) in [6.07, 6.45) is 2.14. The molecule has 65 heavy (non-hydrogen) atoms. The minimum Gasteiger partial charge on any atom is -0.0622 e. The van der Waals surface area contributed by atoms with Gasteiger partial charge in [0.2, 0.25) is 0 Å². The first-order valence-electron chi connectivity index (χ1n) is 23.6. The van der Waals surface area contributed by atoms with Crippen LogP contribution in [0.4, 0.5) is 0 Å². The van der Waals surface area contributed by atoms with Crippen molar-refractivity contribution in [2.75, 3.05) is 0 Å². The lowest BCUT2D eigenvalue weighted by molar-refractivity contribution is 0.590. The first-order chi connectivity index (χ1) is 31.4. The molecule has 0 heterocycles. The average molecular weight is 833 g/mol. The number of rotatable bonds is 4. The van der Waals surface area contributed by atoms with Crippen molar-refractivity contribution in [3.05, 3.63) is 226 Å². The van der Waals surface area contributed by atoms with E-state index in [1.165, 1.54) is 132 Å². The monoisotopic (exact) mass is 832 g/mol. The number of benzene rings is 11. The molecular formula is C65H52. The summed E-state index contributed by atoms with van der Waals surface area (Å²) >= 11 is 0. The summed E-state index contributed by atoms with van der Waals surface area (Å²) in [5, 5.41) is 13.6. The molecule has 312 valence electrons. The molecule has 0 aliphatic heterocycles. The van der Waals surface area contributed by atoms with Crippen LogP contribution in [0.25, 0.3) is 87.2 Å². The molecule has 0 heteroatoms. The Labute approximate surface area is 382 Å². The van der Waals surface area contributed by atoms with Crippen LogP contribution in [0, 0.1) is 0 Å². The van der Waals surface area contributed by atoms with E-state index in [0.717, 1.165) is 12.8 Å². The van der Waals surface area contributed by atoms with Crippen molar-refractivity contribution in [3.63, 3.8) is 0 Å². The van der Waals surface area contributed by atoms with Gasteiger partial charge in [-0.15, -0.1) is 0 Å². The Bertz CT molecular complexity index is 3650. The molecule has 0 saturated carbocycles. The zero-order chi connectivity index (χ0) is 44.0. The van der Waals surface area contributed by atoms with Crippen LogP contribution in [0.5, 0.6) is 0 Å². The second kappa shape index (κ2) is 13.5. The molecule has 0 aromatic heterocycles. The molecule has 2 aliphatic carbocycles. The van der Waals surface area contributed by atoms with Crippen LogP contribution in [0.15, 0.2) is 182 Å². The molecule has 0 spiro atoms. The van der Waals surface area contributed by atoms with Crippen LogP contribution in [0.3, 0.4) is 0 Å². The Balaban J connectivity index is 1.00. The van der Waals surface area contributed by atoms with Crippen LogP contribution < -0.4 is 0 Å². The summed E-state index contributed by atoms with van der Waals surface area (Å²) in [6, 6.07) is 70.8. The summed E-state index contributed by atoms with van der Waals surface area (Å²) < 4.78 is 0. The van der Waals surface area contributed by atoms with Gasteiger partial charge < -0.3 is 0 Å². The summed E-state index contributed by atoms with van der Waals surface area (Å²) in [5.41, 5.74) is 18.4. The van der Waals surface area contributed by atoms with Gasteiger partial charge >= 0.3 is 0 Å². The predicted octanol–water partition coefficient (Wildman–Crippen LogP) is 17.3. The summed E-state index contributed by atoms with van der Waals surface area (Å²) in [6.45, 7) is 13.9. The van der Waals surface area contributed by atoms with Gasteiger partial charge in [0.05, 0.1) is 5.41 Å². The SMILES string of the molecule is CC(C)(C)c1cc2c3c(ccc4cc(-c5ccc6c(c5)C(c5ccccc5)(c5ccccc5)c5cc(-c7cc8ccc9cc(C(C)(C)C)cc%10ccc(c7)c8c9%10)ccc5-6)cc(c43)CC2)c1. The molecule has 0 atom stereocenters. The maximum absolute atomic E-state index is 2.53. The average Bonchev–Trinajstić information content (AvgIpc) is 3.61. The van der Waals surface area contributed by atoms with Crippen LogP contribution >= 0.6 is 0 Å². The van der Waals surface area contributed by atoms with Crippen LogP contribution in [0.2, 0.25) is 0 Å². The summed E-state index contributed by atoms with van der Waals surface area (Å²) in [4.78, 5) is 0. The lowest BCUT2D eigenvalue weighted by Gasteiger charge is -2.34.